The van der Waals surface area contributed by atoms with Gasteiger partial charge in [-0.15, -0.1) is 0 Å². The molecule has 0 bridgehead atoms. The van der Waals surface area contributed by atoms with Gasteiger partial charge in [-0.2, -0.15) is 0 Å². The van der Waals surface area contributed by atoms with Gasteiger partial charge < -0.3 is 9.72 Å². The second-order valence-corrected chi connectivity index (χ2v) is 5.22. The van der Waals surface area contributed by atoms with Crippen molar-refractivity contribution in [3.05, 3.63) is 21.9 Å². The molecule has 1 N–H and O–H groups in total. The number of fused-ring (bicyclic) bond motifs is 1. The molecule has 1 aromatic heterocycles. The summed E-state index contributed by atoms with van der Waals surface area (Å²) in [4.78, 5) is 17.4. The average Bonchev–Trinajstić information content (AvgIpc) is 2.56. The van der Waals surface area contributed by atoms with Crippen molar-refractivity contribution in [2.75, 3.05) is 26.3 Å². The summed E-state index contributed by atoms with van der Waals surface area (Å²) >= 11 is 0. The van der Waals surface area contributed by atoms with Crippen LogP contribution in [0.25, 0.3) is 0 Å². The predicted octanol–water partition coefficient (Wildman–Crippen LogP) is 0.735. The Labute approximate surface area is 107 Å². The zero-order chi connectivity index (χ0) is 12.4. The molecule has 2 heterocycles. The first kappa shape index (κ1) is 12.0. The molecule has 0 spiro atoms. The number of H-pyrrole nitrogens is 1. The Morgan fingerprint density at radius 3 is 2.72 bits per heavy atom. The number of morpholine rings is 1. The number of rotatable bonds is 2. The van der Waals surface area contributed by atoms with Gasteiger partial charge in [-0.25, -0.2) is 4.79 Å². The lowest BCUT2D eigenvalue weighted by molar-refractivity contribution is 0.0224. The molecule has 1 aliphatic heterocycles. The number of aromatic nitrogens is 2. The van der Waals surface area contributed by atoms with Gasteiger partial charge >= 0.3 is 5.69 Å². The number of hydrogen-bond acceptors (Lipinski definition) is 3. The van der Waals surface area contributed by atoms with E-state index in [1.54, 1.807) is 0 Å². The molecule has 5 nitrogen and oxygen atoms in total. The molecule has 2 aliphatic rings. The molecule has 0 aromatic carbocycles. The highest BCUT2D eigenvalue weighted by atomic mass is 16.5. The quantitative estimate of drug-likeness (QED) is 0.789. The van der Waals surface area contributed by atoms with E-state index in [0.717, 1.165) is 39.1 Å². The van der Waals surface area contributed by atoms with Crippen molar-refractivity contribution in [3.8, 4) is 0 Å². The molecule has 0 atom stereocenters. The van der Waals surface area contributed by atoms with Crippen LogP contribution in [-0.4, -0.2) is 40.8 Å². The van der Waals surface area contributed by atoms with Gasteiger partial charge in [0.25, 0.3) is 0 Å². The minimum absolute atomic E-state index is 0.0633. The zero-order valence-corrected chi connectivity index (χ0v) is 10.8. The molecule has 5 heteroatoms. The first-order valence-electron chi connectivity index (χ1n) is 6.95. The first-order valence-corrected chi connectivity index (χ1v) is 6.95. The fourth-order valence-electron chi connectivity index (χ4n) is 2.91. The second kappa shape index (κ2) is 5.28. The molecule has 1 aliphatic carbocycles. The SMILES string of the molecule is O=c1[nH]c2c(n1CN1CCOCC1)CCCCC2. The van der Waals surface area contributed by atoms with Crippen LogP contribution in [0.15, 0.2) is 4.79 Å². The van der Waals surface area contributed by atoms with E-state index in [1.807, 2.05) is 4.57 Å². The summed E-state index contributed by atoms with van der Waals surface area (Å²) in [5.74, 6) is 0. The molecule has 1 fully saturated rings. The molecule has 0 radical (unpaired) electrons. The first-order chi connectivity index (χ1) is 8.84. The topological polar surface area (TPSA) is 50.3 Å². The van der Waals surface area contributed by atoms with Crippen molar-refractivity contribution in [3.63, 3.8) is 0 Å². The van der Waals surface area contributed by atoms with Crippen LogP contribution in [0.1, 0.15) is 30.7 Å². The summed E-state index contributed by atoms with van der Waals surface area (Å²) in [5, 5.41) is 0. The normalized spacial score (nSPS) is 21.6. The molecule has 3 rings (SSSR count). The minimum Gasteiger partial charge on any atom is -0.379 e. The van der Waals surface area contributed by atoms with Gasteiger partial charge in [0.2, 0.25) is 0 Å². The van der Waals surface area contributed by atoms with Gasteiger partial charge in [0, 0.05) is 24.5 Å². The molecular formula is C13H21N3O2. The molecule has 18 heavy (non-hydrogen) atoms. The van der Waals surface area contributed by atoms with Crippen LogP contribution in [0.5, 0.6) is 0 Å². The van der Waals surface area contributed by atoms with E-state index in [2.05, 4.69) is 9.88 Å². The molecule has 1 aromatic rings. The van der Waals surface area contributed by atoms with Crippen LogP contribution in [0, 0.1) is 0 Å². The van der Waals surface area contributed by atoms with Gasteiger partial charge in [-0.05, 0) is 25.7 Å². The van der Waals surface area contributed by atoms with Crippen LogP contribution in [-0.2, 0) is 24.2 Å². The number of aromatic amines is 1. The summed E-state index contributed by atoms with van der Waals surface area (Å²) < 4.78 is 7.28. The predicted molar refractivity (Wildman–Crippen MR) is 68.7 cm³/mol. The van der Waals surface area contributed by atoms with Crippen molar-refractivity contribution in [1.82, 2.24) is 14.5 Å². The van der Waals surface area contributed by atoms with Crippen LogP contribution < -0.4 is 5.69 Å². The van der Waals surface area contributed by atoms with Crippen molar-refractivity contribution in [2.24, 2.45) is 0 Å². The molecular weight excluding hydrogens is 230 g/mol. The summed E-state index contributed by atoms with van der Waals surface area (Å²) in [5.41, 5.74) is 2.48. The number of ether oxygens (including phenoxy) is 1. The van der Waals surface area contributed by atoms with E-state index in [9.17, 15) is 4.79 Å². The van der Waals surface area contributed by atoms with Gasteiger partial charge in [0.05, 0.1) is 19.9 Å². The largest absolute Gasteiger partial charge is 0.379 e. The molecule has 0 amide bonds. The van der Waals surface area contributed by atoms with Crippen molar-refractivity contribution < 1.29 is 4.74 Å². The minimum atomic E-state index is 0.0633. The van der Waals surface area contributed by atoms with Gasteiger partial charge in [-0.1, -0.05) is 6.42 Å². The molecule has 1 saturated heterocycles. The Morgan fingerprint density at radius 2 is 1.89 bits per heavy atom. The molecule has 0 saturated carbocycles. The third-order valence-corrected chi connectivity index (χ3v) is 3.96. The Kier molecular flexibility index (Phi) is 3.52. The summed E-state index contributed by atoms with van der Waals surface area (Å²) in [6.07, 6.45) is 5.74. The Bertz CT molecular complexity index is 457. The maximum atomic E-state index is 12.0. The van der Waals surface area contributed by atoms with Gasteiger partial charge in [0.15, 0.2) is 0 Å². The van der Waals surface area contributed by atoms with E-state index in [-0.39, 0.29) is 5.69 Å². The lowest BCUT2D eigenvalue weighted by atomic mass is 10.2. The van der Waals surface area contributed by atoms with Gasteiger partial charge in [-0.3, -0.25) is 9.47 Å². The number of nitrogens with one attached hydrogen (secondary N) is 1. The van der Waals surface area contributed by atoms with Crippen molar-refractivity contribution >= 4 is 0 Å². The number of imidazole rings is 1. The number of hydrogen-bond donors (Lipinski definition) is 1. The third-order valence-electron chi connectivity index (χ3n) is 3.96. The van der Waals surface area contributed by atoms with Crippen LogP contribution >= 0.6 is 0 Å². The van der Waals surface area contributed by atoms with Crippen LogP contribution in [0.2, 0.25) is 0 Å². The van der Waals surface area contributed by atoms with E-state index in [1.165, 1.54) is 30.7 Å². The van der Waals surface area contributed by atoms with E-state index < -0.39 is 0 Å². The monoisotopic (exact) mass is 251 g/mol. The lowest BCUT2D eigenvalue weighted by Crippen LogP contribution is -2.40. The highest BCUT2D eigenvalue weighted by Crippen LogP contribution is 2.18. The van der Waals surface area contributed by atoms with Crippen molar-refractivity contribution in [1.29, 1.82) is 0 Å². The maximum absolute atomic E-state index is 12.0. The summed E-state index contributed by atoms with van der Waals surface area (Å²) in [6, 6.07) is 0. The second-order valence-electron chi connectivity index (χ2n) is 5.22. The fourth-order valence-corrected chi connectivity index (χ4v) is 2.91. The Morgan fingerprint density at radius 1 is 1.11 bits per heavy atom. The van der Waals surface area contributed by atoms with Crippen molar-refractivity contribution in [2.45, 2.75) is 38.8 Å². The number of nitrogens with zero attached hydrogens (tertiary/aromatic N) is 2. The summed E-state index contributed by atoms with van der Waals surface area (Å²) in [6.45, 7) is 4.12. The molecule has 0 unspecified atom stereocenters. The van der Waals surface area contributed by atoms with E-state index >= 15 is 0 Å². The highest BCUT2D eigenvalue weighted by Gasteiger charge is 2.19. The fraction of sp³-hybridized carbons (Fsp3) is 0.769. The Hall–Kier alpha value is -1.07. The Balaban J connectivity index is 1.82. The van der Waals surface area contributed by atoms with Crippen LogP contribution in [0.4, 0.5) is 0 Å². The van der Waals surface area contributed by atoms with Gasteiger partial charge in [0.1, 0.15) is 0 Å². The zero-order valence-electron chi connectivity index (χ0n) is 10.8. The smallest absolute Gasteiger partial charge is 0.327 e. The number of aryl methyl sites for hydroxylation is 1. The maximum Gasteiger partial charge on any atom is 0.327 e. The highest BCUT2D eigenvalue weighted by molar-refractivity contribution is 5.15. The van der Waals surface area contributed by atoms with E-state index in [0.29, 0.717) is 6.67 Å². The molecule has 100 valence electrons. The van der Waals surface area contributed by atoms with Crippen LogP contribution in [0.3, 0.4) is 0 Å². The van der Waals surface area contributed by atoms with E-state index in [4.69, 9.17) is 4.74 Å². The third kappa shape index (κ3) is 2.37. The summed E-state index contributed by atoms with van der Waals surface area (Å²) in [7, 11) is 0. The average molecular weight is 251 g/mol. The standard InChI is InChI=1S/C13H21N3O2/c17-13-14-11-4-2-1-3-5-12(11)16(13)10-15-6-8-18-9-7-15/h1-10H2,(H,14,17). The lowest BCUT2D eigenvalue weighted by Gasteiger charge is -2.27.